The van der Waals surface area contributed by atoms with E-state index in [9.17, 15) is 4.79 Å². The summed E-state index contributed by atoms with van der Waals surface area (Å²) in [6.45, 7) is 4.21. The fourth-order valence-corrected chi connectivity index (χ4v) is 1.93. The highest BCUT2D eigenvalue weighted by molar-refractivity contribution is 6.30. The van der Waals surface area contributed by atoms with Crippen molar-refractivity contribution in [3.8, 4) is 0 Å². The van der Waals surface area contributed by atoms with Gasteiger partial charge in [-0.05, 0) is 36.6 Å². The lowest BCUT2D eigenvalue weighted by molar-refractivity contribution is 0.0936. The van der Waals surface area contributed by atoms with Crippen LogP contribution in [0.5, 0.6) is 0 Å². The third kappa shape index (κ3) is 4.97. The summed E-state index contributed by atoms with van der Waals surface area (Å²) in [6.07, 6.45) is 0.878. The first-order chi connectivity index (χ1) is 8.02. The summed E-state index contributed by atoms with van der Waals surface area (Å²) in [4.78, 5) is 11.9. The summed E-state index contributed by atoms with van der Waals surface area (Å²) in [5.74, 6) is 0.828. The molecule has 2 nitrogen and oxygen atoms in total. The highest BCUT2D eigenvalue weighted by Crippen LogP contribution is 2.11. The van der Waals surface area contributed by atoms with Gasteiger partial charge in [-0.25, -0.2) is 0 Å². The van der Waals surface area contributed by atoms with Crippen LogP contribution < -0.4 is 5.32 Å². The second kappa shape index (κ2) is 6.87. The van der Waals surface area contributed by atoms with Crippen LogP contribution in [0.25, 0.3) is 0 Å². The van der Waals surface area contributed by atoms with E-state index in [1.165, 1.54) is 0 Å². The van der Waals surface area contributed by atoms with Crippen LogP contribution in [0.4, 0.5) is 0 Å². The van der Waals surface area contributed by atoms with Crippen molar-refractivity contribution in [2.45, 2.75) is 26.3 Å². The molecule has 1 aromatic rings. The summed E-state index contributed by atoms with van der Waals surface area (Å²) in [5.41, 5.74) is 0.605. The van der Waals surface area contributed by atoms with Crippen molar-refractivity contribution >= 4 is 29.1 Å². The van der Waals surface area contributed by atoms with E-state index < -0.39 is 0 Å². The van der Waals surface area contributed by atoms with Gasteiger partial charge in [0.25, 0.3) is 5.91 Å². The van der Waals surface area contributed by atoms with Crippen LogP contribution in [0.1, 0.15) is 30.6 Å². The van der Waals surface area contributed by atoms with Crippen LogP contribution >= 0.6 is 23.2 Å². The first kappa shape index (κ1) is 14.3. The second-order valence-electron chi connectivity index (χ2n) is 4.46. The van der Waals surface area contributed by atoms with Gasteiger partial charge in [0.1, 0.15) is 0 Å². The molecule has 4 heteroatoms. The Morgan fingerprint density at radius 3 is 2.35 bits per heavy atom. The maximum Gasteiger partial charge on any atom is 0.251 e. The lowest BCUT2D eigenvalue weighted by Crippen LogP contribution is -2.37. The van der Waals surface area contributed by atoms with Gasteiger partial charge in [0.15, 0.2) is 0 Å². The Labute approximate surface area is 112 Å². The largest absolute Gasteiger partial charge is 0.348 e. The molecule has 0 heterocycles. The summed E-state index contributed by atoms with van der Waals surface area (Å²) in [7, 11) is 0. The summed E-state index contributed by atoms with van der Waals surface area (Å²) in [6, 6.07) is 6.83. The molecule has 1 aromatic carbocycles. The lowest BCUT2D eigenvalue weighted by atomic mass is 10.0. The Morgan fingerprint density at radius 1 is 1.29 bits per heavy atom. The Kier molecular flexibility index (Phi) is 5.79. The number of hydrogen-bond acceptors (Lipinski definition) is 1. The molecular formula is C13H17Cl2NO. The molecule has 1 amide bonds. The van der Waals surface area contributed by atoms with E-state index >= 15 is 0 Å². The van der Waals surface area contributed by atoms with Crippen LogP contribution in [0.2, 0.25) is 5.02 Å². The molecule has 0 saturated carbocycles. The fraction of sp³-hybridized carbons (Fsp3) is 0.462. The molecule has 0 fully saturated rings. The number of hydrogen-bond donors (Lipinski definition) is 1. The number of rotatable bonds is 5. The van der Waals surface area contributed by atoms with Crippen molar-refractivity contribution in [3.05, 3.63) is 34.9 Å². The van der Waals surface area contributed by atoms with Crippen LogP contribution in [-0.4, -0.2) is 17.8 Å². The van der Waals surface area contributed by atoms with Gasteiger partial charge in [-0.1, -0.05) is 25.4 Å². The van der Waals surface area contributed by atoms with Gasteiger partial charge in [-0.15, -0.1) is 11.6 Å². The van der Waals surface area contributed by atoms with Gasteiger partial charge in [0.2, 0.25) is 0 Å². The standard InChI is InChI=1S/C13H17Cl2NO/c1-9(2)7-12(8-14)16-13(17)10-3-5-11(15)6-4-10/h3-6,9,12H,7-8H2,1-2H3,(H,16,17). The third-order valence-electron chi connectivity index (χ3n) is 2.38. The highest BCUT2D eigenvalue weighted by Gasteiger charge is 2.14. The number of carbonyl (C=O) groups is 1. The van der Waals surface area contributed by atoms with Gasteiger partial charge in [0, 0.05) is 22.5 Å². The van der Waals surface area contributed by atoms with Crippen molar-refractivity contribution in [3.63, 3.8) is 0 Å². The molecule has 1 atom stereocenters. The van der Waals surface area contributed by atoms with Crippen LogP contribution in [0, 0.1) is 5.92 Å². The van der Waals surface area contributed by atoms with Crippen molar-refractivity contribution < 1.29 is 4.79 Å². The predicted octanol–water partition coefficient (Wildman–Crippen LogP) is 3.72. The van der Waals surface area contributed by atoms with Crippen LogP contribution in [-0.2, 0) is 0 Å². The highest BCUT2D eigenvalue weighted by atomic mass is 35.5. The minimum Gasteiger partial charge on any atom is -0.348 e. The molecular weight excluding hydrogens is 257 g/mol. The third-order valence-corrected chi connectivity index (χ3v) is 3.01. The topological polar surface area (TPSA) is 29.1 Å². The Hall–Kier alpha value is -0.730. The minimum absolute atomic E-state index is 0.0137. The number of halogens is 2. The van der Waals surface area contributed by atoms with Crippen molar-refractivity contribution in [2.24, 2.45) is 5.92 Å². The zero-order valence-corrected chi connectivity index (χ0v) is 11.6. The van der Waals surface area contributed by atoms with Crippen molar-refractivity contribution in [2.75, 3.05) is 5.88 Å². The SMILES string of the molecule is CC(C)CC(CCl)NC(=O)c1ccc(Cl)cc1. The average Bonchev–Trinajstić information content (AvgIpc) is 2.28. The maximum atomic E-state index is 11.9. The lowest BCUT2D eigenvalue weighted by Gasteiger charge is -2.18. The van der Waals surface area contributed by atoms with E-state index in [1.807, 2.05) is 0 Å². The number of nitrogens with one attached hydrogen (secondary N) is 1. The zero-order valence-electron chi connectivity index (χ0n) is 10.0. The van der Waals surface area contributed by atoms with Crippen molar-refractivity contribution in [1.29, 1.82) is 0 Å². The van der Waals surface area contributed by atoms with E-state index in [0.29, 0.717) is 22.4 Å². The summed E-state index contributed by atoms with van der Waals surface area (Å²) in [5, 5.41) is 3.54. The number of amides is 1. The Balaban J connectivity index is 2.61. The molecule has 0 spiro atoms. The molecule has 1 unspecified atom stereocenters. The maximum absolute atomic E-state index is 11.9. The number of benzene rings is 1. The van der Waals surface area contributed by atoms with E-state index in [-0.39, 0.29) is 11.9 Å². The molecule has 0 aliphatic heterocycles. The van der Waals surface area contributed by atoms with Crippen molar-refractivity contribution in [1.82, 2.24) is 5.32 Å². The van der Waals surface area contributed by atoms with Gasteiger partial charge in [0.05, 0.1) is 0 Å². The molecule has 0 aliphatic carbocycles. The molecule has 0 bridgehead atoms. The molecule has 1 rings (SSSR count). The van der Waals surface area contributed by atoms with Gasteiger partial charge in [-0.3, -0.25) is 4.79 Å². The van der Waals surface area contributed by atoms with E-state index in [2.05, 4.69) is 19.2 Å². The van der Waals surface area contributed by atoms with Crippen LogP contribution in [0.15, 0.2) is 24.3 Å². The van der Waals surface area contributed by atoms with Gasteiger partial charge < -0.3 is 5.32 Å². The zero-order chi connectivity index (χ0) is 12.8. The number of carbonyl (C=O) groups excluding carboxylic acids is 1. The molecule has 17 heavy (non-hydrogen) atoms. The smallest absolute Gasteiger partial charge is 0.251 e. The summed E-state index contributed by atoms with van der Waals surface area (Å²) < 4.78 is 0. The average molecular weight is 274 g/mol. The first-order valence-corrected chi connectivity index (χ1v) is 6.56. The quantitative estimate of drug-likeness (QED) is 0.814. The predicted molar refractivity (Wildman–Crippen MR) is 72.9 cm³/mol. The summed E-state index contributed by atoms with van der Waals surface area (Å²) >= 11 is 11.6. The molecule has 0 aliphatic rings. The normalized spacial score (nSPS) is 12.5. The Bertz CT molecular complexity index is 362. The van der Waals surface area contributed by atoms with E-state index in [4.69, 9.17) is 23.2 Å². The van der Waals surface area contributed by atoms with E-state index in [0.717, 1.165) is 6.42 Å². The Morgan fingerprint density at radius 2 is 1.88 bits per heavy atom. The molecule has 94 valence electrons. The first-order valence-electron chi connectivity index (χ1n) is 5.65. The molecule has 1 N–H and O–H groups in total. The second-order valence-corrected chi connectivity index (χ2v) is 5.21. The minimum atomic E-state index is -0.104. The van der Waals surface area contributed by atoms with E-state index in [1.54, 1.807) is 24.3 Å². The van der Waals surface area contributed by atoms with Crippen LogP contribution in [0.3, 0.4) is 0 Å². The molecule has 0 radical (unpaired) electrons. The fourth-order valence-electron chi connectivity index (χ4n) is 1.60. The van der Waals surface area contributed by atoms with Gasteiger partial charge >= 0.3 is 0 Å². The number of alkyl halides is 1. The monoisotopic (exact) mass is 273 g/mol. The molecule has 0 saturated heterocycles. The molecule has 0 aromatic heterocycles. The van der Waals surface area contributed by atoms with Gasteiger partial charge in [-0.2, -0.15) is 0 Å².